The third kappa shape index (κ3) is 4.55. The number of benzene rings is 2. The Labute approximate surface area is 144 Å². The van der Waals surface area contributed by atoms with E-state index in [2.05, 4.69) is 31.9 Å². The molecular formula is C14H10Br2Cl2O2. The summed E-state index contributed by atoms with van der Waals surface area (Å²) in [5, 5.41) is 1.06. The molecule has 2 aromatic carbocycles. The van der Waals surface area contributed by atoms with E-state index in [1.54, 1.807) is 12.1 Å². The van der Waals surface area contributed by atoms with E-state index < -0.39 is 0 Å². The van der Waals surface area contributed by atoms with Crippen LogP contribution in [0.5, 0.6) is 11.5 Å². The quantitative estimate of drug-likeness (QED) is 0.421. The van der Waals surface area contributed by atoms with Gasteiger partial charge in [-0.05, 0) is 40.2 Å². The molecule has 0 amide bonds. The molecule has 0 radical (unpaired) electrons. The molecule has 0 atom stereocenters. The fraction of sp³-hybridized carbons (Fsp3) is 0.143. The predicted octanol–water partition coefficient (Wildman–Crippen LogP) is 5.98. The van der Waals surface area contributed by atoms with Gasteiger partial charge in [-0.3, -0.25) is 0 Å². The monoisotopic (exact) mass is 438 g/mol. The summed E-state index contributed by atoms with van der Waals surface area (Å²) in [6.45, 7) is 0.796. The summed E-state index contributed by atoms with van der Waals surface area (Å²) in [7, 11) is 0. The first-order valence-electron chi connectivity index (χ1n) is 5.72. The molecule has 0 fully saturated rings. The number of ether oxygens (including phenoxy) is 2. The summed E-state index contributed by atoms with van der Waals surface area (Å²) in [6, 6.07) is 11.0. The van der Waals surface area contributed by atoms with Crippen molar-refractivity contribution < 1.29 is 9.47 Å². The van der Waals surface area contributed by atoms with Crippen molar-refractivity contribution in [1.82, 2.24) is 0 Å². The van der Waals surface area contributed by atoms with E-state index in [4.69, 9.17) is 32.7 Å². The first-order valence-corrected chi connectivity index (χ1v) is 8.06. The van der Waals surface area contributed by atoms with Gasteiger partial charge >= 0.3 is 0 Å². The average Bonchev–Trinajstić information content (AvgIpc) is 2.40. The molecule has 0 saturated heterocycles. The zero-order chi connectivity index (χ0) is 14.5. The second-order valence-electron chi connectivity index (χ2n) is 3.85. The molecule has 106 valence electrons. The predicted molar refractivity (Wildman–Crippen MR) is 89.3 cm³/mol. The molecule has 0 aromatic heterocycles. The SMILES string of the molecule is Clc1cc(OCCOc2cccc(Br)c2)c(Cl)cc1Br. The minimum absolute atomic E-state index is 0.379. The molecule has 0 spiro atoms. The van der Waals surface area contributed by atoms with Crippen LogP contribution in [-0.2, 0) is 0 Å². The first-order chi connectivity index (χ1) is 9.56. The Morgan fingerprint density at radius 1 is 0.900 bits per heavy atom. The molecule has 20 heavy (non-hydrogen) atoms. The molecule has 0 bridgehead atoms. The van der Waals surface area contributed by atoms with Crippen molar-refractivity contribution in [2.75, 3.05) is 13.2 Å². The zero-order valence-electron chi connectivity index (χ0n) is 10.2. The Hall–Kier alpha value is -0.420. The lowest BCUT2D eigenvalue weighted by Gasteiger charge is -2.10. The van der Waals surface area contributed by atoms with E-state index in [0.29, 0.717) is 29.0 Å². The minimum atomic E-state index is 0.379. The normalized spacial score (nSPS) is 10.4. The van der Waals surface area contributed by atoms with Gasteiger partial charge in [0.05, 0.1) is 10.0 Å². The molecule has 0 saturated carbocycles. The molecule has 2 rings (SSSR count). The van der Waals surface area contributed by atoms with Gasteiger partial charge in [0.1, 0.15) is 24.7 Å². The van der Waals surface area contributed by atoms with Crippen LogP contribution in [0.15, 0.2) is 45.3 Å². The molecule has 0 aliphatic rings. The van der Waals surface area contributed by atoms with Crippen molar-refractivity contribution in [1.29, 1.82) is 0 Å². The number of hydrogen-bond acceptors (Lipinski definition) is 2. The fourth-order valence-electron chi connectivity index (χ4n) is 1.48. The van der Waals surface area contributed by atoms with Crippen LogP contribution in [0.2, 0.25) is 10.0 Å². The smallest absolute Gasteiger partial charge is 0.139 e. The molecule has 0 heterocycles. The number of halogens is 4. The minimum Gasteiger partial charge on any atom is -0.490 e. The highest BCUT2D eigenvalue weighted by Crippen LogP contribution is 2.34. The maximum atomic E-state index is 6.06. The largest absolute Gasteiger partial charge is 0.490 e. The summed E-state index contributed by atoms with van der Waals surface area (Å²) in [4.78, 5) is 0. The van der Waals surface area contributed by atoms with Gasteiger partial charge in [-0.1, -0.05) is 45.2 Å². The van der Waals surface area contributed by atoms with Gasteiger partial charge in [0.15, 0.2) is 0 Å². The Kier molecular flexibility index (Phi) is 6.02. The average molecular weight is 441 g/mol. The van der Waals surface area contributed by atoms with Gasteiger partial charge < -0.3 is 9.47 Å². The van der Waals surface area contributed by atoms with Crippen LogP contribution in [-0.4, -0.2) is 13.2 Å². The molecule has 0 N–H and O–H groups in total. The summed E-state index contributed by atoms with van der Waals surface area (Å²) < 4.78 is 12.8. The van der Waals surface area contributed by atoms with E-state index in [-0.39, 0.29) is 0 Å². The van der Waals surface area contributed by atoms with E-state index in [1.807, 2.05) is 24.3 Å². The lowest BCUT2D eigenvalue weighted by atomic mass is 10.3. The van der Waals surface area contributed by atoms with E-state index in [9.17, 15) is 0 Å². The van der Waals surface area contributed by atoms with Crippen LogP contribution >= 0.6 is 55.1 Å². The second kappa shape index (κ2) is 7.55. The molecule has 0 aliphatic carbocycles. The molecule has 0 unspecified atom stereocenters. The van der Waals surface area contributed by atoms with Gasteiger partial charge in [-0.2, -0.15) is 0 Å². The Bertz CT molecular complexity index is 606. The van der Waals surface area contributed by atoms with Gasteiger partial charge in [0.2, 0.25) is 0 Å². The van der Waals surface area contributed by atoms with Crippen LogP contribution < -0.4 is 9.47 Å². The van der Waals surface area contributed by atoms with Crippen LogP contribution in [0.1, 0.15) is 0 Å². The lowest BCUT2D eigenvalue weighted by Crippen LogP contribution is -2.09. The Morgan fingerprint density at radius 3 is 2.40 bits per heavy atom. The van der Waals surface area contributed by atoms with Crippen LogP contribution in [0.25, 0.3) is 0 Å². The number of hydrogen-bond donors (Lipinski definition) is 0. The van der Waals surface area contributed by atoms with Crippen molar-refractivity contribution in [2.24, 2.45) is 0 Å². The molecular weight excluding hydrogens is 431 g/mol. The number of rotatable bonds is 5. The van der Waals surface area contributed by atoms with E-state index in [1.165, 1.54) is 0 Å². The maximum Gasteiger partial charge on any atom is 0.139 e. The topological polar surface area (TPSA) is 18.5 Å². The van der Waals surface area contributed by atoms with Gasteiger partial charge in [-0.25, -0.2) is 0 Å². The molecule has 2 aromatic rings. The molecule has 0 aliphatic heterocycles. The third-order valence-electron chi connectivity index (χ3n) is 2.38. The molecule has 2 nitrogen and oxygen atoms in total. The fourth-order valence-corrected chi connectivity index (χ4v) is 2.71. The first kappa shape index (κ1) is 16.0. The van der Waals surface area contributed by atoms with Crippen LogP contribution in [0, 0.1) is 0 Å². The Morgan fingerprint density at radius 2 is 1.65 bits per heavy atom. The standard InChI is InChI=1S/C14H10Br2Cl2O2/c15-9-2-1-3-10(6-9)19-4-5-20-14-8-12(17)11(16)7-13(14)18/h1-3,6-8H,4-5H2. The van der Waals surface area contributed by atoms with Gasteiger partial charge in [0, 0.05) is 15.0 Å². The van der Waals surface area contributed by atoms with Crippen molar-refractivity contribution in [2.45, 2.75) is 0 Å². The van der Waals surface area contributed by atoms with Gasteiger partial charge in [0.25, 0.3) is 0 Å². The highest BCUT2D eigenvalue weighted by Gasteiger charge is 2.06. The van der Waals surface area contributed by atoms with E-state index in [0.717, 1.165) is 14.7 Å². The van der Waals surface area contributed by atoms with Crippen molar-refractivity contribution in [3.05, 3.63) is 55.4 Å². The van der Waals surface area contributed by atoms with Crippen molar-refractivity contribution in [3.63, 3.8) is 0 Å². The van der Waals surface area contributed by atoms with Crippen LogP contribution in [0.3, 0.4) is 0 Å². The van der Waals surface area contributed by atoms with Crippen molar-refractivity contribution >= 4 is 55.1 Å². The zero-order valence-corrected chi connectivity index (χ0v) is 14.9. The lowest BCUT2D eigenvalue weighted by molar-refractivity contribution is 0.217. The third-order valence-corrected chi connectivity index (χ3v) is 4.37. The van der Waals surface area contributed by atoms with Gasteiger partial charge in [-0.15, -0.1) is 0 Å². The highest BCUT2D eigenvalue weighted by molar-refractivity contribution is 9.10. The van der Waals surface area contributed by atoms with Crippen LogP contribution in [0.4, 0.5) is 0 Å². The highest BCUT2D eigenvalue weighted by atomic mass is 79.9. The van der Waals surface area contributed by atoms with Crippen molar-refractivity contribution in [3.8, 4) is 11.5 Å². The summed E-state index contributed by atoms with van der Waals surface area (Å²) in [5.41, 5.74) is 0. The second-order valence-corrected chi connectivity index (χ2v) is 6.44. The maximum absolute atomic E-state index is 6.06. The summed E-state index contributed by atoms with van der Waals surface area (Å²) >= 11 is 18.7. The van der Waals surface area contributed by atoms with E-state index >= 15 is 0 Å². The summed E-state index contributed by atoms with van der Waals surface area (Å²) in [5.74, 6) is 1.32. The Balaban J connectivity index is 1.86. The molecule has 6 heteroatoms. The summed E-state index contributed by atoms with van der Waals surface area (Å²) in [6.07, 6.45) is 0.